The summed E-state index contributed by atoms with van der Waals surface area (Å²) in [7, 11) is 1.85. The van der Waals surface area contributed by atoms with Crippen molar-refractivity contribution in [3.8, 4) is 11.8 Å². The molecule has 0 spiro atoms. The zero-order valence-corrected chi connectivity index (χ0v) is 11.8. The molecule has 2 rings (SSSR count). The number of rotatable bonds is 4. The van der Waals surface area contributed by atoms with E-state index in [4.69, 9.17) is 5.11 Å². The second-order valence-electron chi connectivity index (χ2n) is 4.09. The molecule has 0 aliphatic rings. The van der Waals surface area contributed by atoms with Crippen LogP contribution in [0.3, 0.4) is 0 Å². The van der Waals surface area contributed by atoms with E-state index >= 15 is 0 Å². The fraction of sp³-hybridized carbons (Fsp3) is 0.286. The number of aromatic nitrogens is 3. The van der Waals surface area contributed by atoms with E-state index in [0.29, 0.717) is 23.3 Å². The van der Waals surface area contributed by atoms with Crippen LogP contribution < -0.4 is 0 Å². The zero-order chi connectivity index (χ0) is 14.4. The first-order valence-corrected chi connectivity index (χ1v) is 7.04. The van der Waals surface area contributed by atoms with Crippen LogP contribution in [0.4, 0.5) is 4.39 Å². The molecule has 1 aromatic heterocycles. The van der Waals surface area contributed by atoms with Crippen molar-refractivity contribution in [2.75, 3.05) is 6.61 Å². The van der Waals surface area contributed by atoms with Gasteiger partial charge >= 0.3 is 0 Å². The second-order valence-corrected chi connectivity index (χ2v) is 5.04. The highest BCUT2D eigenvalue weighted by molar-refractivity contribution is 7.98. The Morgan fingerprint density at radius 3 is 2.95 bits per heavy atom. The molecular weight excluding hydrogens is 277 g/mol. The number of aliphatic hydroxyl groups is 1. The normalized spacial score (nSPS) is 10.2. The Morgan fingerprint density at radius 2 is 2.30 bits per heavy atom. The minimum atomic E-state index is -0.282. The Morgan fingerprint density at radius 1 is 1.45 bits per heavy atom. The van der Waals surface area contributed by atoms with Crippen LogP contribution in [-0.2, 0) is 12.8 Å². The quantitative estimate of drug-likeness (QED) is 0.691. The molecule has 0 saturated heterocycles. The van der Waals surface area contributed by atoms with Gasteiger partial charge in [0.1, 0.15) is 12.1 Å². The summed E-state index contributed by atoms with van der Waals surface area (Å²) in [5, 5.41) is 17.1. The van der Waals surface area contributed by atoms with Crippen molar-refractivity contribution in [2.45, 2.75) is 17.3 Å². The van der Waals surface area contributed by atoms with Crippen LogP contribution in [0.15, 0.2) is 29.7 Å². The third-order valence-electron chi connectivity index (χ3n) is 2.55. The summed E-state index contributed by atoms with van der Waals surface area (Å²) in [6.45, 7) is 0.0158. The van der Waals surface area contributed by atoms with Gasteiger partial charge in [-0.3, -0.25) is 0 Å². The lowest BCUT2D eigenvalue weighted by atomic mass is 10.1. The molecule has 1 aromatic carbocycles. The maximum atomic E-state index is 13.9. The van der Waals surface area contributed by atoms with E-state index in [2.05, 4.69) is 22.0 Å². The summed E-state index contributed by atoms with van der Waals surface area (Å²) >= 11 is 1.43. The molecule has 0 amide bonds. The molecular formula is C14H14FN3OS. The smallest absolute Gasteiger partial charge is 0.191 e. The van der Waals surface area contributed by atoms with Gasteiger partial charge in [0.25, 0.3) is 0 Å². The van der Waals surface area contributed by atoms with Crippen LogP contribution in [0, 0.1) is 17.7 Å². The number of hydrogen-bond donors (Lipinski definition) is 1. The number of aliphatic hydroxyl groups excluding tert-OH is 1. The summed E-state index contributed by atoms with van der Waals surface area (Å²) in [4.78, 5) is 0. The van der Waals surface area contributed by atoms with Gasteiger partial charge in [-0.2, -0.15) is 0 Å². The van der Waals surface area contributed by atoms with Gasteiger partial charge in [0, 0.05) is 24.8 Å². The lowest BCUT2D eigenvalue weighted by Gasteiger charge is -2.03. The topological polar surface area (TPSA) is 50.9 Å². The number of halogens is 1. The van der Waals surface area contributed by atoms with Crippen molar-refractivity contribution in [1.82, 2.24) is 14.8 Å². The fourth-order valence-electron chi connectivity index (χ4n) is 1.51. The number of thioether (sulfide) groups is 1. The highest BCUT2D eigenvalue weighted by Crippen LogP contribution is 2.22. The molecule has 0 radical (unpaired) electrons. The van der Waals surface area contributed by atoms with Crippen LogP contribution in [0.1, 0.15) is 17.5 Å². The average molecular weight is 291 g/mol. The summed E-state index contributed by atoms with van der Waals surface area (Å²) in [5.74, 6) is 5.78. The zero-order valence-electron chi connectivity index (χ0n) is 11.0. The number of hydrogen-bond acceptors (Lipinski definition) is 4. The number of aryl methyl sites for hydroxylation is 1. The summed E-state index contributed by atoms with van der Waals surface area (Å²) in [6.07, 6.45) is 2.00. The summed E-state index contributed by atoms with van der Waals surface area (Å²) < 4.78 is 15.7. The summed E-state index contributed by atoms with van der Waals surface area (Å²) in [5.41, 5.74) is 1.22. The van der Waals surface area contributed by atoms with Crippen molar-refractivity contribution in [3.63, 3.8) is 0 Å². The van der Waals surface area contributed by atoms with E-state index in [1.165, 1.54) is 17.8 Å². The number of benzene rings is 1. The third-order valence-corrected chi connectivity index (χ3v) is 3.63. The molecule has 0 unspecified atom stereocenters. The molecule has 1 heterocycles. The molecule has 2 aromatic rings. The molecule has 0 bridgehead atoms. The highest BCUT2D eigenvalue weighted by atomic mass is 32.2. The van der Waals surface area contributed by atoms with E-state index < -0.39 is 0 Å². The van der Waals surface area contributed by atoms with Crippen molar-refractivity contribution in [2.24, 2.45) is 7.05 Å². The maximum Gasteiger partial charge on any atom is 0.191 e. The molecule has 0 saturated carbocycles. The Balaban J connectivity index is 2.03. The molecule has 4 nitrogen and oxygen atoms in total. The molecule has 104 valence electrons. The average Bonchev–Trinajstić information content (AvgIpc) is 2.84. The Labute approximate surface area is 121 Å². The second kappa shape index (κ2) is 7.08. The first-order chi connectivity index (χ1) is 9.70. The van der Waals surface area contributed by atoms with E-state index in [0.717, 1.165) is 5.16 Å². The SMILES string of the molecule is Cn1cnnc1SCc1ccc(C#CCCO)cc1F. The van der Waals surface area contributed by atoms with Gasteiger partial charge in [0.2, 0.25) is 0 Å². The lowest BCUT2D eigenvalue weighted by Crippen LogP contribution is -1.93. The Hall–Kier alpha value is -1.84. The highest BCUT2D eigenvalue weighted by Gasteiger charge is 2.06. The van der Waals surface area contributed by atoms with Crippen molar-refractivity contribution in [3.05, 3.63) is 41.5 Å². The van der Waals surface area contributed by atoms with Crippen LogP contribution in [0.5, 0.6) is 0 Å². The van der Waals surface area contributed by atoms with E-state index in [-0.39, 0.29) is 12.4 Å². The predicted octanol–water partition coefficient (Wildman–Crippen LogP) is 1.98. The van der Waals surface area contributed by atoms with Crippen LogP contribution in [0.2, 0.25) is 0 Å². The van der Waals surface area contributed by atoms with Crippen LogP contribution >= 0.6 is 11.8 Å². The molecule has 1 N–H and O–H groups in total. The monoisotopic (exact) mass is 291 g/mol. The maximum absolute atomic E-state index is 13.9. The first kappa shape index (κ1) is 14.6. The fourth-order valence-corrected chi connectivity index (χ4v) is 2.38. The Kier molecular flexibility index (Phi) is 5.16. The molecule has 0 fully saturated rings. The molecule has 0 aliphatic carbocycles. The van der Waals surface area contributed by atoms with Gasteiger partial charge in [-0.25, -0.2) is 4.39 Å². The van der Waals surface area contributed by atoms with Crippen molar-refractivity contribution in [1.29, 1.82) is 0 Å². The van der Waals surface area contributed by atoms with E-state index in [1.807, 2.05) is 7.05 Å². The van der Waals surface area contributed by atoms with Gasteiger partial charge in [-0.1, -0.05) is 29.7 Å². The van der Waals surface area contributed by atoms with Crippen LogP contribution in [0.25, 0.3) is 0 Å². The Bertz CT molecular complexity index is 645. The van der Waals surface area contributed by atoms with Crippen molar-refractivity contribution < 1.29 is 9.50 Å². The van der Waals surface area contributed by atoms with Crippen molar-refractivity contribution >= 4 is 11.8 Å². The minimum Gasteiger partial charge on any atom is -0.395 e. The van der Waals surface area contributed by atoms with Gasteiger partial charge in [-0.05, 0) is 17.7 Å². The van der Waals surface area contributed by atoms with Gasteiger partial charge in [0.05, 0.1) is 6.61 Å². The predicted molar refractivity (Wildman–Crippen MR) is 75.5 cm³/mol. The largest absolute Gasteiger partial charge is 0.395 e. The third kappa shape index (κ3) is 3.83. The van der Waals surface area contributed by atoms with Gasteiger partial charge < -0.3 is 9.67 Å². The van der Waals surface area contributed by atoms with Gasteiger partial charge in [0.15, 0.2) is 5.16 Å². The summed E-state index contributed by atoms with van der Waals surface area (Å²) in [6, 6.07) is 4.92. The molecule has 0 aliphatic heterocycles. The van der Waals surface area contributed by atoms with E-state index in [1.54, 1.807) is 23.0 Å². The first-order valence-electron chi connectivity index (χ1n) is 6.05. The molecule has 20 heavy (non-hydrogen) atoms. The van der Waals surface area contributed by atoms with Gasteiger partial charge in [-0.15, -0.1) is 10.2 Å². The minimum absolute atomic E-state index is 0.0158. The number of nitrogens with zero attached hydrogens (tertiary/aromatic N) is 3. The molecule has 0 atom stereocenters. The van der Waals surface area contributed by atoms with E-state index in [9.17, 15) is 4.39 Å². The standard InChI is InChI=1S/C14H14FN3OS/c1-18-10-16-17-14(18)20-9-12-6-5-11(8-13(12)15)4-2-3-7-19/h5-6,8,10,19H,3,7,9H2,1H3. The molecule has 6 heteroatoms. The van der Waals surface area contributed by atoms with Crippen LogP contribution in [-0.4, -0.2) is 26.5 Å². The lowest BCUT2D eigenvalue weighted by molar-refractivity contribution is 0.305.